The van der Waals surface area contributed by atoms with Crippen molar-refractivity contribution in [3.63, 3.8) is 0 Å². The van der Waals surface area contributed by atoms with Gasteiger partial charge in [0.05, 0.1) is 9.26 Å². The van der Waals surface area contributed by atoms with E-state index >= 15 is 0 Å². The number of benzene rings is 2. The van der Waals surface area contributed by atoms with Crippen molar-refractivity contribution in [2.75, 3.05) is 5.73 Å². The Balaban J connectivity index is 2.37. The van der Waals surface area contributed by atoms with E-state index in [0.717, 1.165) is 12.0 Å². The van der Waals surface area contributed by atoms with Gasteiger partial charge in [-0.3, -0.25) is 0 Å². The molecular formula is C14H13FINO. The summed E-state index contributed by atoms with van der Waals surface area (Å²) in [5, 5.41) is 0. The van der Waals surface area contributed by atoms with Crippen LogP contribution >= 0.6 is 22.6 Å². The van der Waals surface area contributed by atoms with Gasteiger partial charge in [-0.2, -0.15) is 0 Å². The van der Waals surface area contributed by atoms with Crippen molar-refractivity contribution in [2.24, 2.45) is 0 Å². The van der Waals surface area contributed by atoms with E-state index in [0.29, 0.717) is 20.8 Å². The van der Waals surface area contributed by atoms with Crippen LogP contribution in [-0.2, 0) is 6.42 Å². The summed E-state index contributed by atoms with van der Waals surface area (Å²) in [6.07, 6.45) is 0.850. The number of hydrogen-bond donors (Lipinski definition) is 1. The van der Waals surface area contributed by atoms with E-state index in [9.17, 15) is 4.39 Å². The molecule has 0 atom stereocenters. The highest BCUT2D eigenvalue weighted by atomic mass is 127. The Morgan fingerprint density at radius 1 is 1.22 bits per heavy atom. The third-order valence-corrected chi connectivity index (χ3v) is 3.45. The molecule has 0 heterocycles. The largest absolute Gasteiger partial charge is 0.455 e. The fourth-order valence-electron chi connectivity index (χ4n) is 1.65. The highest BCUT2D eigenvalue weighted by Crippen LogP contribution is 2.32. The molecule has 0 aliphatic heterocycles. The minimum Gasteiger partial charge on any atom is -0.455 e. The van der Waals surface area contributed by atoms with Crippen LogP contribution in [-0.4, -0.2) is 0 Å². The normalized spacial score (nSPS) is 10.4. The van der Waals surface area contributed by atoms with E-state index in [1.165, 1.54) is 6.07 Å². The molecule has 0 radical (unpaired) electrons. The van der Waals surface area contributed by atoms with E-state index in [-0.39, 0.29) is 5.82 Å². The van der Waals surface area contributed by atoms with Gasteiger partial charge >= 0.3 is 0 Å². The molecule has 0 unspecified atom stereocenters. The van der Waals surface area contributed by atoms with Crippen LogP contribution in [0.25, 0.3) is 0 Å². The van der Waals surface area contributed by atoms with Crippen molar-refractivity contribution in [2.45, 2.75) is 13.3 Å². The summed E-state index contributed by atoms with van der Waals surface area (Å²) in [5.41, 5.74) is 7.34. The molecule has 4 heteroatoms. The van der Waals surface area contributed by atoms with Crippen molar-refractivity contribution in [3.8, 4) is 11.5 Å². The molecule has 2 aromatic carbocycles. The molecule has 0 spiro atoms. The van der Waals surface area contributed by atoms with Gasteiger partial charge in [0.2, 0.25) is 0 Å². The first kappa shape index (κ1) is 13.1. The zero-order valence-corrected chi connectivity index (χ0v) is 12.1. The zero-order valence-electron chi connectivity index (χ0n) is 9.91. The molecule has 0 aliphatic carbocycles. The summed E-state index contributed by atoms with van der Waals surface area (Å²) in [6.45, 7) is 2.04. The van der Waals surface area contributed by atoms with E-state index in [1.807, 2.05) is 53.8 Å². The third kappa shape index (κ3) is 2.75. The van der Waals surface area contributed by atoms with Crippen LogP contribution in [0.4, 0.5) is 10.1 Å². The lowest BCUT2D eigenvalue weighted by atomic mass is 10.1. The number of hydrogen-bond acceptors (Lipinski definition) is 2. The van der Waals surface area contributed by atoms with E-state index < -0.39 is 0 Å². The van der Waals surface area contributed by atoms with Crippen LogP contribution in [0.5, 0.6) is 11.5 Å². The summed E-state index contributed by atoms with van der Waals surface area (Å²) in [7, 11) is 0. The molecule has 0 saturated carbocycles. The van der Waals surface area contributed by atoms with Crippen LogP contribution in [0.2, 0.25) is 0 Å². The number of para-hydroxylation sites is 1. The molecule has 2 aromatic rings. The molecule has 0 saturated heterocycles. The molecule has 2 rings (SSSR count). The number of aryl methyl sites for hydroxylation is 1. The SMILES string of the molecule is CCc1ccccc1Oc1cc(F)c(I)cc1N. The maximum Gasteiger partial charge on any atom is 0.153 e. The van der Waals surface area contributed by atoms with Gasteiger partial charge in [0.15, 0.2) is 5.75 Å². The molecule has 0 fully saturated rings. The molecule has 0 amide bonds. The quantitative estimate of drug-likeness (QED) is 0.654. The molecule has 0 bridgehead atoms. The summed E-state index contributed by atoms with van der Waals surface area (Å²) in [6, 6.07) is 10.6. The van der Waals surface area contributed by atoms with Gasteiger partial charge in [-0.05, 0) is 46.7 Å². The Hall–Kier alpha value is -1.30. The smallest absolute Gasteiger partial charge is 0.153 e. The van der Waals surface area contributed by atoms with Gasteiger partial charge < -0.3 is 10.5 Å². The second kappa shape index (κ2) is 5.56. The maximum atomic E-state index is 13.5. The van der Waals surface area contributed by atoms with Crippen LogP contribution in [0.1, 0.15) is 12.5 Å². The van der Waals surface area contributed by atoms with Gasteiger partial charge in [0.25, 0.3) is 0 Å². The fourth-order valence-corrected chi connectivity index (χ4v) is 2.14. The summed E-state index contributed by atoms with van der Waals surface area (Å²) >= 11 is 1.90. The third-order valence-electron chi connectivity index (χ3n) is 2.63. The Kier molecular flexibility index (Phi) is 4.06. The highest BCUT2D eigenvalue weighted by molar-refractivity contribution is 14.1. The highest BCUT2D eigenvalue weighted by Gasteiger charge is 2.09. The summed E-state index contributed by atoms with van der Waals surface area (Å²) in [5.74, 6) is 0.745. The first-order chi connectivity index (χ1) is 8.61. The molecular weight excluding hydrogens is 344 g/mol. The standard InChI is InChI=1S/C14H13FINO/c1-2-9-5-3-4-6-13(9)18-14-7-10(15)11(16)8-12(14)17/h3-8H,2,17H2,1H3. The number of halogens is 2. The number of anilines is 1. The predicted molar refractivity (Wildman–Crippen MR) is 79.4 cm³/mol. The molecule has 18 heavy (non-hydrogen) atoms. The lowest BCUT2D eigenvalue weighted by Crippen LogP contribution is -1.97. The van der Waals surface area contributed by atoms with Crippen molar-refractivity contribution >= 4 is 28.3 Å². The predicted octanol–water partition coefficient (Wildman–Crippen LogP) is 4.37. The second-order valence-corrected chi connectivity index (χ2v) is 5.03. The van der Waals surface area contributed by atoms with E-state index in [1.54, 1.807) is 6.07 Å². The van der Waals surface area contributed by atoms with Crippen molar-refractivity contribution in [1.29, 1.82) is 0 Å². The first-order valence-electron chi connectivity index (χ1n) is 5.62. The Morgan fingerprint density at radius 2 is 1.94 bits per heavy atom. The van der Waals surface area contributed by atoms with E-state index in [4.69, 9.17) is 10.5 Å². The topological polar surface area (TPSA) is 35.2 Å². The van der Waals surface area contributed by atoms with Crippen molar-refractivity contribution < 1.29 is 9.13 Å². The van der Waals surface area contributed by atoms with Gasteiger partial charge in [-0.1, -0.05) is 25.1 Å². The molecule has 0 aliphatic rings. The average molecular weight is 357 g/mol. The molecule has 2 N–H and O–H groups in total. The van der Waals surface area contributed by atoms with Crippen LogP contribution in [0.15, 0.2) is 36.4 Å². The Bertz CT molecular complexity index is 572. The Morgan fingerprint density at radius 3 is 2.67 bits per heavy atom. The minimum atomic E-state index is -0.325. The average Bonchev–Trinajstić information content (AvgIpc) is 2.36. The first-order valence-corrected chi connectivity index (χ1v) is 6.70. The zero-order chi connectivity index (χ0) is 13.1. The van der Waals surface area contributed by atoms with Crippen LogP contribution < -0.4 is 10.5 Å². The van der Waals surface area contributed by atoms with E-state index in [2.05, 4.69) is 0 Å². The fraction of sp³-hybridized carbons (Fsp3) is 0.143. The number of ether oxygens (including phenoxy) is 1. The molecule has 94 valence electrons. The van der Waals surface area contributed by atoms with Crippen molar-refractivity contribution in [1.82, 2.24) is 0 Å². The monoisotopic (exact) mass is 357 g/mol. The van der Waals surface area contributed by atoms with Gasteiger partial charge in [0.1, 0.15) is 11.6 Å². The number of nitrogen functional groups attached to an aromatic ring is 1. The summed E-state index contributed by atoms with van der Waals surface area (Å²) in [4.78, 5) is 0. The van der Waals surface area contributed by atoms with Gasteiger partial charge in [-0.25, -0.2) is 4.39 Å². The maximum absolute atomic E-state index is 13.5. The number of rotatable bonds is 3. The van der Waals surface area contributed by atoms with Crippen molar-refractivity contribution in [3.05, 3.63) is 51.3 Å². The molecule has 0 aromatic heterocycles. The second-order valence-electron chi connectivity index (χ2n) is 3.87. The number of nitrogens with two attached hydrogens (primary N) is 1. The lowest BCUT2D eigenvalue weighted by molar-refractivity contribution is 0.473. The van der Waals surface area contributed by atoms with Gasteiger partial charge in [-0.15, -0.1) is 0 Å². The lowest BCUT2D eigenvalue weighted by Gasteiger charge is -2.12. The Labute approximate surface area is 119 Å². The van der Waals surface area contributed by atoms with Crippen LogP contribution in [0, 0.1) is 9.39 Å². The minimum absolute atomic E-state index is 0.325. The van der Waals surface area contributed by atoms with Gasteiger partial charge in [0, 0.05) is 6.07 Å². The molecule has 2 nitrogen and oxygen atoms in total. The van der Waals surface area contributed by atoms with Crippen LogP contribution in [0.3, 0.4) is 0 Å². The summed E-state index contributed by atoms with van der Waals surface area (Å²) < 4.78 is 19.7.